The molecule has 0 aliphatic rings. The fourth-order valence-corrected chi connectivity index (χ4v) is 3.37. The molecule has 24 heavy (non-hydrogen) atoms. The van der Waals surface area contributed by atoms with E-state index in [9.17, 15) is 13.2 Å². The number of anilines is 1. The average molecular weight is 428 g/mol. The van der Waals surface area contributed by atoms with Gasteiger partial charge in [-0.05, 0) is 36.4 Å². The van der Waals surface area contributed by atoms with E-state index in [1.807, 2.05) is 0 Å². The van der Waals surface area contributed by atoms with Crippen LogP contribution in [-0.4, -0.2) is 20.9 Å². The molecular weight excluding hydrogens is 418 g/mol. The van der Waals surface area contributed by atoms with Crippen LogP contribution >= 0.6 is 46.4 Å². The molecule has 0 spiro atoms. The normalized spacial score (nSPS) is 11.3. The highest BCUT2D eigenvalue weighted by Crippen LogP contribution is 2.32. The van der Waals surface area contributed by atoms with Gasteiger partial charge in [0.1, 0.15) is 0 Å². The lowest BCUT2D eigenvalue weighted by Gasteiger charge is -2.10. The lowest BCUT2D eigenvalue weighted by molar-refractivity contribution is -0.115. The van der Waals surface area contributed by atoms with Gasteiger partial charge < -0.3 is 5.32 Å². The van der Waals surface area contributed by atoms with Gasteiger partial charge in [0, 0.05) is 5.02 Å². The third kappa shape index (κ3) is 4.99. The zero-order valence-corrected chi connectivity index (χ0v) is 15.7. The van der Waals surface area contributed by atoms with Gasteiger partial charge >= 0.3 is 0 Å². The van der Waals surface area contributed by atoms with E-state index in [1.54, 1.807) is 0 Å². The van der Waals surface area contributed by atoms with Crippen molar-refractivity contribution in [3.05, 3.63) is 56.5 Å². The molecule has 0 unspecified atom stereocenters. The quantitative estimate of drug-likeness (QED) is 0.701. The first-order chi connectivity index (χ1) is 11.2. The smallest absolute Gasteiger partial charge is 0.241 e. The molecule has 0 atom stereocenters. The number of hydrogen-bond acceptors (Lipinski definition) is 3. The van der Waals surface area contributed by atoms with Crippen LogP contribution in [0, 0.1) is 0 Å². The predicted molar refractivity (Wildman–Crippen MR) is 96.7 cm³/mol. The van der Waals surface area contributed by atoms with E-state index >= 15 is 0 Å². The van der Waals surface area contributed by atoms with E-state index < -0.39 is 22.5 Å². The number of hydrogen-bond donors (Lipinski definition) is 2. The number of carbonyl (C=O) groups is 1. The lowest BCUT2D eigenvalue weighted by atomic mass is 10.3. The number of amides is 1. The van der Waals surface area contributed by atoms with E-state index in [0.717, 1.165) is 0 Å². The van der Waals surface area contributed by atoms with Crippen LogP contribution in [-0.2, 0) is 14.8 Å². The van der Waals surface area contributed by atoms with Crippen molar-refractivity contribution in [1.29, 1.82) is 0 Å². The highest BCUT2D eigenvalue weighted by molar-refractivity contribution is 7.89. The first-order valence-electron chi connectivity index (χ1n) is 6.38. The molecule has 0 saturated heterocycles. The summed E-state index contributed by atoms with van der Waals surface area (Å²) in [6.45, 7) is -0.485. The fourth-order valence-electron chi connectivity index (χ4n) is 1.67. The summed E-state index contributed by atoms with van der Waals surface area (Å²) in [6.07, 6.45) is 0. The van der Waals surface area contributed by atoms with Gasteiger partial charge in [0.25, 0.3) is 0 Å². The van der Waals surface area contributed by atoms with Gasteiger partial charge in [-0.3, -0.25) is 4.79 Å². The minimum atomic E-state index is -3.84. The maximum absolute atomic E-state index is 12.1. The van der Waals surface area contributed by atoms with Gasteiger partial charge in [0.05, 0.1) is 32.2 Å². The van der Waals surface area contributed by atoms with Crippen LogP contribution in [0.5, 0.6) is 0 Å². The topological polar surface area (TPSA) is 75.3 Å². The first-order valence-corrected chi connectivity index (χ1v) is 9.38. The Morgan fingerprint density at radius 3 is 2.12 bits per heavy atom. The SMILES string of the molecule is O=C(CNS(=O)(=O)c1ccc(Cl)cc1)Nc1cc(Cl)c(Cl)cc1Cl. The number of rotatable bonds is 5. The fraction of sp³-hybridized carbons (Fsp3) is 0.0714. The zero-order chi connectivity index (χ0) is 17.9. The van der Waals surface area contributed by atoms with E-state index in [2.05, 4.69) is 10.0 Å². The van der Waals surface area contributed by atoms with Gasteiger partial charge in [-0.1, -0.05) is 46.4 Å². The summed E-state index contributed by atoms with van der Waals surface area (Å²) >= 11 is 23.3. The third-order valence-corrected chi connectivity index (χ3v) is 5.53. The van der Waals surface area contributed by atoms with E-state index in [1.165, 1.54) is 36.4 Å². The second kappa shape index (κ2) is 7.91. The van der Waals surface area contributed by atoms with Crippen LogP contribution in [0.4, 0.5) is 5.69 Å². The van der Waals surface area contributed by atoms with Gasteiger partial charge in [0.15, 0.2) is 0 Å². The highest BCUT2D eigenvalue weighted by atomic mass is 35.5. The summed E-state index contributed by atoms with van der Waals surface area (Å²) in [5.74, 6) is -0.618. The molecule has 0 heterocycles. The number of sulfonamides is 1. The summed E-state index contributed by atoms with van der Waals surface area (Å²) in [6, 6.07) is 8.28. The zero-order valence-electron chi connectivity index (χ0n) is 11.8. The molecule has 128 valence electrons. The molecule has 0 aliphatic heterocycles. The molecule has 1 amide bonds. The Balaban J connectivity index is 2.03. The summed E-state index contributed by atoms with van der Waals surface area (Å²) in [5, 5.41) is 3.48. The van der Waals surface area contributed by atoms with E-state index in [-0.39, 0.29) is 25.7 Å². The van der Waals surface area contributed by atoms with Crippen molar-refractivity contribution in [3.63, 3.8) is 0 Å². The molecule has 0 aliphatic carbocycles. The second-order valence-corrected chi connectivity index (χ2v) is 8.00. The van der Waals surface area contributed by atoms with Gasteiger partial charge in [-0.2, -0.15) is 0 Å². The molecule has 5 nitrogen and oxygen atoms in total. The molecule has 0 bridgehead atoms. The minimum absolute atomic E-state index is 0.00716. The van der Waals surface area contributed by atoms with Gasteiger partial charge in [-0.15, -0.1) is 0 Å². The second-order valence-electron chi connectivity index (χ2n) is 4.57. The molecule has 0 radical (unpaired) electrons. The Hall–Kier alpha value is -1.02. The Labute approximate surface area is 158 Å². The van der Waals surface area contributed by atoms with Gasteiger partial charge in [-0.25, -0.2) is 13.1 Å². The van der Waals surface area contributed by atoms with Crippen molar-refractivity contribution in [3.8, 4) is 0 Å². The molecule has 10 heteroatoms. The van der Waals surface area contributed by atoms with E-state index in [0.29, 0.717) is 5.02 Å². The molecule has 2 aromatic carbocycles. The van der Waals surface area contributed by atoms with Crippen LogP contribution in [0.2, 0.25) is 20.1 Å². The van der Waals surface area contributed by atoms with Gasteiger partial charge in [0.2, 0.25) is 15.9 Å². The van der Waals surface area contributed by atoms with Crippen molar-refractivity contribution < 1.29 is 13.2 Å². The Morgan fingerprint density at radius 2 is 1.50 bits per heavy atom. The molecular formula is C14H10Cl4N2O3S. The van der Waals surface area contributed by atoms with E-state index in [4.69, 9.17) is 46.4 Å². The highest BCUT2D eigenvalue weighted by Gasteiger charge is 2.16. The maximum Gasteiger partial charge on any atom is 0.241 e. The number of halogens is 4. The Kier molecular flexibility index (Phi) is 6.36. The number of nitrogens with one attached hydrogen (secondary N) is 2. The predicted octanol–water partition coefficient (Wildman–Crippen LogP) is 4.22. The summed E-state index contributed by atoms with van der Waals surface area (Å²) in [5.41, 5.74) is 0.224. The van der Waals surface area contributed by atoms with Crippen molar-refractivity contribution in [2.45, 2.75) is 4.90 Å². The minimum Gasteiger partial charge on any atom is -0.324 e. The van der Waals surface area contributed by atoms with Crippen molar-refractivity contribution in [1.82, 2.24) is 4.72 Å². The van der Waals surface area contributed by atoms with Crippen molar-refractivity contribution in [2.24, 2.45) is 0 Å². The Morgan fingerprint density at radius 1 is 0.917 bits per heavy atom. The first kappa shape index (κ1) is 19.3. The van der Waals surface area contributed by atoms with Crippen molar-refractivity contribution in [2.75, 3.05) is 11.9 Å². The molecule has 0 saturated carbocycles. The average Bonchev–Trinajstić information content (AvgIpc) is 2.51. The van der Waals surface area contributed by atoms with Crippen LogP contribution in [0.3, 0.4) is 0 Å². The summed E-state index contributed by atoms with van der Waals surface area (Å²) < 4.78 is 26.3. The van der Waals surface area contributed by atoms with Crippen LogP contribution in [0.25, 0.3) is 0 Å². The van der Waals surface area contributed by atoms with Crippen LogP contribution in [0.1, 0.15) is 0 Å². The van der Waals surface area contributed by atoms with Crippen LogP contribution < -0.4 is 10.0 Å². The maximum atomic E-state index is 12.1. The molecule has 0 aromatic heterocycles. The molecule has 2 aromatic rings. The summed E-state index contributed by atoms with van der Waals surface area (Å²) in [7, 11) is -3.84. The van der Waals surface area contributed by atoms with Crippen LogP contribution in [0.15, 0.2) is 41.3 Å². The third-order valence-electron chi connectivity index (χ3n) is 2.83. The molecule has 2 N–H and O–H groups in total. The number of carbonyl (C=O) groups excluding carboxylic acids is 1. The molecule has 0 fully saturated rings. The standard InChI is InChI=1S/C14H10Cl4N2O3S/c15-8-1-3-9(4-2-8)24(22,23)19-7-14(21)20-13-6-11(17)10(16)5-12(13)18/h1-6,19H,7H2,(H,20,21). The summed E-state index contributed by atoms with van der Waals surface area (Å²) in [4.78, 5) is 11.9. The monoisotopic (exact) mass is 426 g/mol. The lowest BCUT2D eigenvalue weighted by Crippen LogP contribution is -2.32. The number of benzene rings is 2. The Bertz CT molecular complexity index is 870. The van der Waals surface area contributed by atoms with Crippen molar-refractivity contribution >= 4 is 68.0 Å². The largest absolute Gasteiger partial charge is 0.324 e. The molecule has 2 rings (SSSR count).